The Morgan fingerprint density at radius 3 is 2.83 bits per heavy atom. The van der Waals surface area contributed by atoms with E-state index < -0.39 is 0 Å². The number of halogens is 1. The summed E-state index contributed by atoms with van der Waals surface area (Å²) in [6, 6.07) is 6.05. The zero-order valence-corrected chi connectivity index (χ0v) is 12.3. The third-order valence-electron chi connectivity index (χ3n) is 2.81. The Kier molecular flexibility index (Phi) is 4.04. The normalized spacial score (nSPS) is 10.7. The van der Waals surface area contributed by atoms with Gasteiger partial charge in [-0.25, -0.2) is 0 Å². The topological polar surface area (TPSA) is 49.9 Å². The number of nitrogens with zero attached hydrogens (tertiary/aromatic N) is 1. The molecule has 0 aliphatic heterocycles. The second-order valence-electron chi connectivity index (χ2n) is 4.05. The number of methoxy groups -OCH3 is 1. The first kappa shape index (κ1) is 13.1. The summed E-state index contributed by atoms with van der Waals surface area (Å²) in [5, 5.41) is 10.5. The average molecular weight is 310 g/mol. The maximum absolute atomic E-state index is 5.24. The molecular formula is C13H16BrN3O. The molecule has 0 unspecified atom stereocenters. The molecule has 0 fully saturated rings. The summed E-state index contributed by atoms with van der Waals surface area (Å²) in [5.41, 5.74) is 4.36. The monoisotopic (exact) mass is 309 g/mol. The number of nitrogens with one attached hydrogen (secondary N) is 2. The Bertz CT molecular complexity index is 551. The van der Waals surface area contributed by atoms with E-state index in [1.807, 2.05) is 26.1 Å². The number of H-pyrrole nitrogens is 1. The number of hydrogen-bond donors (Lipinski definition) is 2. The van der Waals surface area contributed by atoms with E-state index in [0.29, 0.717) is 0 Å². The third-order valence-corrected chi connectivity index (χ3v) is 3.43. The summed E-state index contributed by atoms with van der Waals surface area (Å²) < 4.78 is 6.19. The summed E-state index contributed by atoms with van der Waals surface area (Å²) in [6.45, 7) is 2.77. The van der Waals surface area contributed by atoms with Crippen molar-refractivity contribution in [3.05, 3.63) is 34.1 Å². The van der Waals surface area contributed by atoms with Gasteiger partial charge in [0.2, 0.25) is 0 Å². The van der Waals surface area contributed by atoms with Gasteiger partial charge in [-0.05, 0) is 47.6 Å². The van der Waals surface area contributed by atoms with Gasteiger partial charge in [0.25, 0.3) is 0 Å². The maximum Gasteiger partial charge on any atom is 0.133 e. The molecule has 4 nitrogen and oxygen atoms in total. The molecule has 0 amide bonds. The van der Waals surface area contributed by atoms with E-state index in [2.05, 4.69) is 37.5 Å². The molecule has 18 heavy (non-hydrogen) atoms. The second kappa shape index (κ2) is 5.54. The lowest BCUT2D eigenvalue weighted by Crippen LogP contribution is -2.06. The number of aromatic nitrogens is 2. The van der Waals surface area contributed by atoms with Crippen molar-refractivity contribution in [3.63, 3.8) is 0 Å². The van der Waals surface area contributed by atoms with E-state index in [1.54, 1.807) is 7.11 Å². The molecule has 2 aromatic rings. The molecule has 0 atom stereocenters. The third kappa shape index (κ3) is 2.42. The van der Waals surface area contributed by atoms with Gasteiger partial charge in [-0.1, -0.05) is 6.07 Å². The highest BCUT2D eigenvalue weighted by Gasteiger charge is 2.13. The number of rotatable bonds is 4. The van der Waals surface area contributed by atoms with Crippen molar-refractivity contribution in [2.45, 2.75) is 13.5 Å². The van der Waals surface area contributed by atoms with Gasteiger partial charge in [0.1, 0.15) is 5.75 Å². The van der Waals surface area contributed by atoms with Crippen LogP contribution in [0, 0.1) is 6.92 Å². The smallest absolute Gasteiger partial charge is 0.133 e. The van der Waals surface area contributed by atoms with Gasteiger partial charge in [0.15, 0.2) is 0 Å². The lowest BCUT2D eigenvalue weighted by atomic mass is 10.0. The van der Waals surface area contributed by atoms with Gasteiger partial charge >= 0.3 is 0 Å². The van der Waals surface area contributed by atoms with Crippen LogP contribution >= 0.6 is 15.9 Å². The van der Waals surface area contributed by atoms with Gasteiger partial charge in [-0.3, -0.25) is 5.10 Å². The molecule has 1 aromatic carbocycles. The van der Waals surface area contributed by atoms with E-state index in [9.17, 15) is 0 Å². The maximum atomic E-state index is 5.24. The molecule has 0 radical (unpaired) electrons. The van der Waals surface area contributed by atoms with Crippen molar-refractivity contribution in [1.82, 2.24) is 15.5 Å². The van der Waals surface area contributed by atoms with Gasteiger partial charge in [-0.15, -0.1) is 0 Å². The molecule has 1 heterocycles. The number of aromatic amines is 1. The fraction of sp³-hybridized carbons (Fsp3) is 0.308. The summed E-state index contributed by atoms with van der Waals surface area (Å²) in [7, 11) is 3.58. The molecule has 5 heteroatoms. The van der Waals surface area contributed by atoms with Crippen molar-refractivity contribution in [3.8, 4) is 16.9 Å². The first-order valence-electron chi connectivity index (χ1n) is 5.69. The van der Waals surface area contributed by atoms with Crippen molar-refractivity contribution in [2.24, 2.45) is 0 Å². The van der Waals surface area contributed by atoms with Gasteiger partial charge in [-0.2, -0.15) is 5.10 Å². The number of benzene rings is 1. The minimum absolute atomic E-state index is 0.739. The van der Waals surface area contributed by atoms with Gasteiger partial charge in [0.05, 0.1) is 17.3 Å². The molecule has 0 spiro atoms. The predicted molar refractivity (Wildman–Crippen MR) is 75.8 cm³/mol. The van der Waals surface area contributed by atoms with E-state index in [-0.39, 0.29) is 0 Å². The minimum Gasteiger partial charge on any atom is -0.496 e. The quantitative estimate of drug-likeness (QED) is 0.913. The number of ether oxygens (including phenoxy) is 1. The fourth-order valence-corrected chi connectivity index (χ4v) is 2.52. The molecule has 0 bridgehead atoms. The van der Waals surface area contributed by atoms with Crippen LogP contribution in [-0.2, 0) is 6.54 Å². The molecule has 0 saturated carbocycles. The standard InChI is InChI=1S/C13H16BrN3O/c1-8-13(11(7-15-2)17-16-8)9-4-5-12(18-3)10(14)6-9/h4-6,15H,7H2,1-3H3,(H,16,17). The lowest BCUT2D eigenvalue weighted by Gasteiger charge is -2.07. The van der Waals surface area contributed by atoms with Crippen LogP contribution in [0.25, 0.3) is 11.1 Å². The number of hydrogen-bond acceptors (Lipinski definition) is 3. The Morgan fingerprint density at radius 2 is 2.22 bits per heavy atom. The van der Waals surface area contributed by atoms with E-state index in [4.69, 9.17) is 4.74 Å². The number of aryl methyl sites for hydroxylation is 1. The van der Waals surface area contributed by atoms with Crippen LogP contribution in [0.15, 0.2) is 22.7 Å². The van der Waals surface area contributed by atoms with E-state index in [1.165, 1.54) is 0 Å². The molecule has 2 rings (SSSR count). The fourth-order valence-electron chi connectivity index (χ4n) is 1.98. The first-order chi connectivity index (χ1) is 8.67. The highest BCUT2D eigenvalue weighted by molar-refractivity contribution is 9.10. The molecule has 1 aromatic heterocycles. The van der Waals surface area contributed by atoms with Crippen molar-refractivity contribution in [1.29, 1.82) is 0 Å². The Labute approximate surface area is 115 Å². The Hall–Kier alpha value is -1.33. The van der Waals surface area contributed by atoms with Crippen molar-refractivity contribution in [2.75, 3.05) is 14.2 Å². The van der Waals surface area contributed by atoms with Crippen LogP contribution in [0.3, 0.4) is 0 Å². The molecule has 96 valence electrons. The Morgan fingerprint density at radius 1 is 1.44 bits per heavy atom. The van der Waals surface area contributed by atoms with Crippen LogP contribution in [0.2, 0.25) is 0 Å². The largest absolute Gasteiger partial charge is 0.496 e. The van der Waals surface area contributed by atoms with Crippen LogP contribution in [0.4, 0.5) is 0 Å². The molecule has 0 aliphatic carbocycles. The van der Waals surface area contributed by atoms with Gasteiger partial charge in [0, 0.05) is 17.8 Å². The summed E-state index contributed by atoms with van der Waals surface area (Å²) in [4.78, 5) is 0. The summed E-state index contributed by atoms with van der Waals surface area (Å²) in [6.07, 6.45) is 0. The molecule has 2 N–H and O–H groups in total. The van der Waals surface area contributed by atoms with Crippen LogP contribution in [0.5, 0.6) is 5.75 Å². The average Bonchev–Trinajstić information content (AvgIpc) is 2.71. The van der Waals surface area contributed by atoms with Gasteiger partial charge < -0.3 is 10.1 Å². The van der Waals surface area contributed by atoms with Crippen LogP contribution < -0.4 is 10.1 Å². The highest BCUT2D eigenvalue weighted by atomic mass is 79.9. The highest BCUT2D eigenvalue weighted by Crippen LogP contribution is 2.32. The first-order valence-corrected chi connectivity index (χ1v) is 6.49. The minimum atomic E-state index is 0.739. The molecule has 0 aliphatic rings. The Balaban J connectivity index is 2.48. The lowest BCUT2D eigenvalue weighted by molar-refractivity contribution is 0.412. The predicted octanol–water partition coefficient (Wildman–Crippen LogP) is 2.88. The molecule has 0 saturated heterocycles. The van der Waals surface area contributed by atoms with E-state index >= 15 is 0 Å². The van der Waals surface area contributed by atoms with Crippen molar-refractivity contribution < 1.29 is 4.74 Å². The zero-order valence-electron chi connectivity index (χ0n) is 10.7. The molecular weight excluding hydrogens is 294 g/mol. The van der Waals surface area contributed by atoms with Crippen molar-refractivity contribution >= 4 is 15.9 Å². The summed E-state index contributed by atoms with van der Waals surface area (Å²) >= 11 is 3.51. The van der Waals surface area contributed by atoms with E-state index in [0.717, 1.165) is 39.3 Å². The summed E-state index contributed by atoms with van der Waals surface area (Å²) in [5.74, 6) is 0.829. The second-order valence-corrected chi connectivity index (χ2v) is 4.90. The van der Waals surface area contributed by atoms with Crippen LogP contribution in [-0.4, -0.2) is 24.4 Å². The van der Waals surface area contributed by atoms with Crippen LogP contribution in [0.1, 0.15) is 11.4 Å². The zero-order chi connectivity index (χ0) is 13.1. The SMILES string of the molecule is CNCc1n[nH]c(C)c1-c1ccc(OC)c(Br)c1.